The molecule has 0 unspecified atom stereocenters. The summed E-state index contributed by atoms with van der Waals surface area (Å²) in [6.45, 7) is 8.79. The van der Waals surface area contributed by atoms with Gasteiger partial charge in [0.25, 0.3) is 0 Å². The molecular formula is C26H33N3O2. The van der Waals surface area contributed by atoms with Gasteiger partial charge in [-0.15, -0.1) is 0 Å². The predicted octanol–water partition coefficient (Wildman–Crippen LogP) is 4.03. The van der Waals surface area contributed by atoms with Crippen LogP contribution in [0.5, 0.6) is 0 Å². The number of hydrogen-bond acceptors (Lipinski definition) is 3. The maximum Gasteiger partial charge on any atom is 0.230 e. The lowest BCUT2D eigenvalue weighted by atomic mass is 9.79. The molecule has 0 bridgehead atoms. The van der Waals surface area contributed by atoms with Crippen molar-refractivity contribution >= 4 is 11.8 Å². The number of carbonyl (C=O) groups excluding carboxylic acids is 2. The van der Waals surface area contributed by atoms with Gasteiger partial charge in [-0.3, -0.25) is 14.6 Å². The second-order valence-corrected chi connectivity index (χ2v) is 9.21. The second-order valence-electron chi connectivity index (χ2n) is 9.21. The fraction of sp³-hybridized carbons (Fsp3) is 0.500. The summed E-state index contributed by atoms with van der Waals surface area (Å²) >= 11 is 0. The Hall–Kier alpha value is -2.69. The summed E-state index contributed by atoms with van der Waals surface area (Å²) in [5.74, 6) is 1.07. The van der Waals surface area contributed by atoms with E-state index in [9.17, 15) is 9.59 Å². The molecule has 0 radical (unpaired) electrons. The first-order valence-corrected chi connectivity index (χ1v) is 11.5. The van der Waals surface area contributed by atoms with Gasteiger partial charge < -0.3 is 9.80 Å². The van der Waals surface area contributed by atoms with Crippen molar-refractivity contribution in [3.8, 4) is 11.1 Å². The van der Waals surface area contributed by atoms with Crippen molar-refractivity contribution in [1.82, 2.24) is 14.8 Å². The van der Waals surface area contributed by atoms with Crippen LogP contribution in [0.25, 0.3) is 11.1 Å². The van der Waals surface area contributed by atoms with Crippen molar-refractivity contribution in [2.45, 2.75) is 40.0 Å². The molecule has 2 amide bonds. The molecular weight excluding hydrogens is 386 g/mol. The van der Waals surface area contributed by atoms with Crippen LogP contribution in [0.4, 0.5) is 0 Å². The average Bonchev–Trinajstić information content (AvgIpc) is 3.38. The molecule has 1 saturated heterocycles. The number of pyridine rings is 1. The van der Waals surface area contributed by atoms with E-state index >= 15 is 0 Å². The summed E-state index contributed by atoms with van der Waals surface area (Å²) in [5, 5.41) is 0. The van der Waals surface area contributed by atoms with Gasteiger partial charge >= 0.3 is 0 Å². The van der Waals surface area contributed by atoms with Gasteiger partial charge in [-0.1, -0.05) is 37.3 Å². The van der Waals surface area contributed by atoms with Crippen LogP contribution in [0.3, 0.4) is 0 Å². The molecule has 1 aromatic heterocycles. The minimum Gasteiger partial charge on any atom is -0.343 e. The Morgan fingerprint density at radius 3 is 2.55 bits per heavy atom. The summed E-state index contributed by atoms with van der Waals surface area (Å²) in [6.07, 6.45) is 6.00. The lowest BCUT2D eigenvalue weighted by Crippen LogP contribution is -2.47. The Balaban J connectivity index is 1.61. The van der Waals surface area contributed by atoms with Crippen LogP contribution in [0.1, 0.15) is 39.2 Å². The smallest absolute Gasteiger partial charge is 0.230 e. The highest BCUT2D eigenvalue weighted by Crippen LogP contribution is 2.43. The van der Waals surface area contributed by atoms with Crippen LogP contribution in [-0.2, 0) is 16.0 Å². The second kappa shape index (κ2) is 8.81. The van der Waals surface area contributed by atoms with Crippen molar-refractivity contribution in [3.63, 3.8) is 0 Å². The molecule has 1 aliphatic carbocycles. The zero-order valence-corrected chi connectivity index (χ0v) is 18.9. The molecule has 31 heavy (non-hydrogen) atoms. The van der Waals surface area contributed by atoms with Crippen LogP contribution in [0.2, 0.25) is 0 Å². The third-order valence-electron chi connectivity index (χ3n) is 7.06. The third kappa shape index (κ3) is 4.36. The lowest BCUT2D eigenvalue weighted by Gasteiger charge is -2.34. The molecule has 1 saturated carbocycles. The molecule has 2 fully saturated rings. The molecule has 164 valence electrons. The number of hydrogen-bond donors (Lipinski definition) is 0. The van der Waals surface area contributed by atoms with Crippen LogP contribution in [0, 0.1) is 17.3 Å². The van der Waals surface area contributed by atoms with E-state index in [1.807, 2.05) is 35.9 Å². The first-order chi connectivity index (χ1) is 15.0. The van der Waals surface area contributed by atoms with Gasteiger partial charge in [-0.25, -0.2) is 0 Å². The van der Waals surface area contributed by atoms with Gasteiger partial charge in [-0.05, 0) is 61.8 Å². The topological polar surface area (TPSA) is 53.5 Å². The Morgan fingerprint density at radius 1 is 1.16 bits per heavy atom. The number of carbonyl (C=O) groups is 2. The maximum absolute atomic E-state index is 13.7. The standard InChI is InChI=1S/C26H33N3O2/c1-4-28(5-2)25(31)26(11-13-29(18-26)24(30)23-14-19(23)3)16-20-8-6-9-21(15-20)22-10-7-12-27-17-22/h6-10,12,15,17,19,23H,4-5,11,13-14,16,18H2,1-3H3/t19-,23-,26+/m1/s1. The molecule has 1 aliphatic heterocycles. The number of rotatable bonds is 7. The van der Waals surface area contributed by atoms with Gasteiger partial charge in [-0.2, -0.15) is 0 Å². The number of amides is 2. The zero-order valence-electron chi connectivity index (χ0n) is 18.9. The number of benzene rings is 1. The average molecular weight is 420 g/mol. The van der Waals surface area contributed by atoms with Crippen LogP contribution < -0.4 is 0 Å². The SMILES string of the molecule is CCN(CC)C(=O)[C@]1(Cc2cccc(-c3cccnc3)c2)CCN(C(=O)[C@@H]2C[C@H]2C)C1. The van der Waals surface area contributed by atoms with Gasteiger partial charge in [0.05, 0.1) is 5.41 Å². The quantitative estimate of drug-likeness (QED) is 0.681. The first-order valence-electron chi connectivity index (χ1n) is 11.5. The fourth-order valence-electron chi connectivity index (χ4n) is 4.99. The highest BCUT2D eigenvalue weighted by atomic mass is 16.2. The highest BCUT2D eigenvalue weighted by Gasteiger charge is 2.50. The van der Waals surface area contributed by atoms with E-state index in [1.165, 1.54) is 0 Å². The molecule has 2 aliphatic rings. The summed E-state index contributed by atoms with van der Waals surface area (Å²) in [5.41, 5.74) is 2.76. The minimum absolute atomic E-state index is 0.160. The van der Waals surface area contributed by atoms with Gasteiger partial charge in [0.15, 0.2) is 0 Å². The number of nitrogens with zero attached hydrogens (tertiary/aromatic N) is 3. The number of likely N-dealkylation sites (tertiary alicyclic amines) is 1. The molecule has 2 heterocycles. The van der Waals surface area contributed by atoms with Gasteiger partial charge in [0.2, 0.25) is 11.8 Å². The van der Waals surface area contributed by atoms with Crippen molar-refractivity contribution in [3.05, 3.63) is 54.4 Å². The van der Waals surface area contributed by atoms with E-state index in [2.05, 4.69) is 42.2 Å². The summed E-state index contributed by atoms with van der Waals surface area (Å²) in [4.78, 5) is 34.7. The molecule has 1 aromatic carbocycles. The van der Waals surface area contributed by atoms with Gasteiger partial charge in [0, 0.05) is 44.5 Å². The summed E-state index contributed by atoms with van der Waals surface area (Å²) in [7, 11) is 0. The number of aromatic nitrogens is 1. The van der Waals surface area contributed by atoms with E-state index < -0.39 is 5.41 Å². The Labute approximate surface area is 185 Å². The van der Waals surface area contributed by atoms with E-state index in [1.54, 1.807) is 6.20 Å². The van der Waals surface area contributed by atoms with Gasteiger partial charge in [0.1, 0.15) is 0 Å². The molecule has 0 N–H and O–H groups in total. The normalized spacial score (nSPS) is 24.8. The molecule has 4 rings (SSSR count). The highest BCUT2D eigenvalue weighted by molar-refractivity contribution is 5.87. The van der Waals surface area contributed by atoms with Crippen molar-refractivity contribution in [2.75, 3.05) is 26.2 Å². The van der Waals surface area contributed by atoms with E-state index in [-0.39, 0.29) is 17.7 Å². The Bertz CT molecular complexity index is 941. The third-order valence-corrected chi connectivity index (χ3v) is 7.06. The maximum atomic E-state index is 13.7. The van der Waals surface area contributed by atoms with Crippen LogP contribution >= 0.6 is 0 Å². The largest absolute Gasteiger partial charge is 0.343 e. The Morgan fingerprint density at radius 2 is 1.90 bits per heavy atom. The van der Waals surface area contributed by atoms with Crippen molar-refractivity contribution < 1.29 is 9.59 Å². The van der Waals surface area contributed by atoms with Crippen molar-refractivity contribution in [1.29, 1.82) is 0 Å². The summed E-state index contributed by atoms with van der Waals surface area (Å²) in [6, 6.07) is 12.4. The molecule has 0 spiro atoms. The van der Waals surface area contributed by atoms with Crippen molar-refractivity contribution in [2.24, 2.45) is 17.3 Å². The monoisotopic (exact) mass is 419 g/mol. The first kappa shape index (κ1) is 21.5. The van der Waals surface area contributed by atoms with E-state index in [4.69, 9.17) is 0 Å². The molecule has 5 heteroatoms. The molecule has 3 atom stereocenters. The minimum atomic E-state index is -0.548. The lowest BCUT2D eigenvalue weighted by molar-refractivity contribution is -0.142. The molecule has 5 nitrogen and oxygen atoms in total. The van der Waals surface area contributed by atoms with E-state index in [0.717, 1.165) is 29.5 Å². The summed E-state index contributed by atoms with van der Waals surface area (Å²) < 4.78 is 0. The molecule has 2 aromatic rings. The zero-order chi connectivity index (χ0) is 22.0. The Kier molecular flexibility index (Phi) is 6.12. The van der Waals surface area contributed by atoms with Crippen LogP contribution in [-0.4, -0.2) is 52.8 Å². The van der Waals surface area contributed by atoms with E-state index in [0.29, 0.717) is 38.5 Å². The predicted molar refractivity (Wildman–Crippen MR) is 122 cm³/mol. The van der Waals surface area contributed by atoms with Crippen LogP contribution in [0.15, 0.2) is 48.8 Å². The fourth-order valence-corrected chi connectivity index (χ4v) is 4.99.